The van der Waals surface area contributed by atoms with Crippen LogP contribution in [0.2, 0.25) is 0 Å². The van der Waals surface area contributed by atoms with Crippen molar-refractivity contribution in [1.29, 1.82) is 0 Å². The van der Waals surface area contributed by atoms with Crippen molar-refractivity contribution in [2.45, 2.75) is 13.5 Å². The van der Waals surface area contributed by atoms with Gasteiger partial charge in [-0.3, -0.25) is 0 Å². The third-order valence-corrected chi connectivity index (χ3v) is 4.15. The summed E-state index contributed by atoms with van der Waals surface area (Å²) < 4.78 is 24.5. The van der Waals surface area contributed by atoms with Gasteiger partial charge in [-0.05, 0) is 30.7 Å². The summed E-state index contributed by atoms with van der Waals surface area (Å²) in [5.41, 5.74) is 1.20. The summed E-state index contributed by atoms with van der Waals surface area (Å²) in [6, 6.07) is 8.71. The molecule has 3 rings (SSSR count). The fourth-order valence-corrected chi connectivity index (χ4v) is 2.58. The fraction of sp³-hybridized carbons (Fsp3) is 0.412. The lowest BCUT2D eigenvalue weighted by Crippen LogP contribution is -2.52. The molecule has 1 fully saturated rings. The van der Waals surface area contributed by atoms with Crippen LogP contribution in [0.25, 0.3) is 11.3 Å². The van der Waals surface area contributed by atoms with Gasteiger partial charge in [0.1, 0.15) is 17.3 Å². The molecular formula is C17H20FNO3. The van der Waals surface area contributed by atoms with Crippen molar-refractivity contribution < 1.29 is 18.7 Å². The van der Waals surface area contributed by atoms with E-state index in [0.29, 0.717) is 37.6 Å². The monoisotopic (exact) mass is 305 g/mol. The molecular weight excluding hydrogens is 285 g/mol. The van der Waals surface area contributed by atoms with Crippen molar-refractivity contribution in [2.75, 3.05) is 26.4 Å². The molecule has 22 heavy (non-hydrogen) atoms. The largest absolute Gasteiger partial charge is 0.460 e. The number of furan rings is 1. The van der Waals surface area contributed by atoms with Gasteiger partial charge in [0.05, 0.1) is 31.8 Å². The minimum atomic E-state index is -0.233. The number of halogens is 1. The second kappa shape index (κ2) is 6.20. The zero-order valence-corrected chi connectivity index (χ0v) is 12.6. The van der Waals surface area contributed by atoms with Crippen LogP contribution in [0.3, 0.4) is 0 Å². The maximum atomic E-state index is 13.6. The van der Waals surface area contributed by atoms with Crippen LogP contribution in [0, 0.1) is 18.2 Å². The van der Waals surface area contributed by atoms with Crippen LogP contribution in [0.5, 0.6) is 0 Å². The van der Waals surface area contributed by atoms with E-state index in [-0.39, 0.29) is 17.8 Å². The molecule has 0 spiro atoms. The molecule has 1 saturated heterocycles. The van der Waals surface area contributed by atoms with Crippen molar-refractivity contribution >= 4 is 0 Å². The van der Waals surface area contributed by atoms with Gasteiger partial charge in [-0.1, -0.05) is 12.1 Å². The van der Waals surface area contributed by atoms with Gasteiger partial charge in [0.2, 0.25) is 0 Å². The number of ether oxygens (including phenoxy) is 1. The van der Waals surface area contributed by atoms with Gasteiger partial charge < -0.3 is 19.6 Å². The molecule has 4 nitrogen and oxygen atoms in total. The molecule has 1 aromatic carbocycles. The molecule has 0 aliphatic carbocycles. The Balaban J connectivity index is 1.63. The van der Waals surface area contributed by atoms with Crippen LogP contribution in [-0.4, -0.2) is 31.5 Å². The lowest BCUT2D eigenvalue weighted by atomic mass is 9.87. The van der Waals surface area contributed by atoms with E-state index in [4.69, 9.17) is 9.15 Å². The number of rotatable bonds is 6. The number of aliphatic hydroxyl groups is 1. The second-order valence-electron chi connectivity index (χ2n) is 5.93. The Labute approximate surface area is 128 Å². The SMILES string of the molecule is Cc1c(F)cccc1-c1ccc(CNCC2(CO)COC2)o1. The van der Waals surface area contributed by atoms with Gasteiger partial charge in [0.25, 0.3) is 0 Å². The minimum absolute atomic E-state index is 0.117. The smallest absolute Gasteiger partial charge is 0.134 e. The Bertz CT molecular complexity index is 644. The van der Waals surface area contributed by atoms with Crippen molar-refractivity contribution in [1.82, 2.24) is 5.32 Å². The van der Waals surface area contributed by atoms with Gasteiger partial charge in [-0.2, -0.15) is 0 Å². The maximum Gasteiger partial charge on any atom is 0.134 e. The summed E-state index contributed by atoms with van der Waals surface area (Å²) in [5.74, 6) is 1.22. The van der Waals surface area contributed by atoms with Crippen LogP contribution in [0.1, 0.15) is 11.3 Å². The van der Waals surface area contributed by atoms with Crippen molar-refractivity contribution in [2.24, 2.45) is 5.41 Å². The summed E-state index contributed by atoms with van der Waals surface area (Å²) in [5, 5.41) is 12.6. The summed E-state index contributed by atoms with van der Waals surface area (Å²) >= 11 is 0. The first-order chi connectivity index (χ1) is 10.6. The molecule has 0 unspecified atom stereocenters. The van der Waals surface area contributed by atoms with Crippen molar-refractivity contribution in [3.05, 3.63) is 47.5 Å². The van der Waals surface area contributed by atoms with E-state index in [1.807, 2.05) is 18.2 Å². The van der Waals surface area contributed by atoms with Gasteiger partial charge in [0.15, 0.2) is 0 Å². The number of hydrogen-bond donors (Lipinski definition) is 2. The van der Waals surface area contributed by atoms with Crippen LogP contribution >= 0.6 is 0 Å². The molecule has 1 aliphatic rings. The number of nitrogens with one attached hydrogen (secondary N) is 1. The molecule has 0 amide bonds. The Hall–Kier alpha value is -1.69. The Morgan fingerprint density at radius 3 is 2.77 bits per heavy atom. The molecule has 5 heteroatoms. The van der Waals surface area contributed by atoms with E-state index in [1.165, 1.54) is 6.07 Å². The van der Waals surface area contributed by atoms with Gasteiger partial charge >= 0.3 is 0 Å². The number of benzene rings is 1. The summed E-state index contributed by atoms with van der Waals surface area (Å²) in [6.07, 6.45) is 0. The van der Waals surface area contributed by atoms with E-state index in [2.05, 4.69) is 5.32 Å². The Morgan fingerprint density at radius 2 is 2.09 bits per heavy atom. The molecule has 2 heterocycles. The first-order valence-corrected chi connectivity index (χ1v) is 7.37. The first-order valence-electron chi connectivity index (χ1n) is 7.37. The molecule has 118 valence electrons. The third kappa shape index (κ3) is 2.92. The third-order valence-electron chi connectivity index (χ3n) is 4.15. The summed E-state index contributed by atoms with van der Waals surface area (Å²) in [6.45, 7) is 4.28. The molecule has 1 aliphatic heterocycles. The van der Waals surface area contributed by atoms with Crippen LogP contribution < -0.4 is 5.32 Å². The van der Waals surface area contributed by atoms with Crippen LogP contribution in [0.15, 0.2) is 34.7 Å². The standard InChI is InChI=1S/C17H20FNO3/c1-12-14(3-2-4-15(12)18)16-6-5-13(22-16)7-19-8-17(9-20)10-21-11-17/h2-6,19-20H,7-11H2,1H3. The van der Waals surface area contributed by atoms with E-state index in [0.717, 1.165) is 11.3 Å². The molecule has 0 radical (unpaired) electrons. The fourth-order valence-electron chi connectivity index (χ4n) is 2.58. The average Bonchev–Trinajstić information content (AvgIpc) is 2.93. The molecule has 1 aromatic heterocycles. The highest BCUT2D eigenvalue weighted by Crippen LogP contribution is 2.28. The Morgan fingerprint density at radius 1 is 1.27 bits per heavy atom. The van der Waals surface area contributed by atoms with Gasteiger partial charge in [0, 0.05) is 12.1 Å². The number of hydrogen-bond acceptors (Lipinski definition) is 4. The highest BCUT2D eigenvalue weighted by Gasteiger charge is 2.37. The summed E-state index contributed by atoms with van der Waals surface area (Å²) in [4.78, 5) is 0. The lowest BCUT2D eigenvalue weighted by molar-refractivity contribution is -0.134. The predicted molar refractivity (Wildman–Crippen MR) is 80.9 cm³/mol. The van der Waals surface area contributed by atoms with E-state index >= 15 is 0 Å². The molecule has 2 aromatic rings. The normalized spacial score (nSPS) is 16.5. The van der Waals surface area contributed by atoms with Crippen LogP contribution in [0.4, 0.5) is 4.39 Å². The topological polar surface area (TPSA) is 54.6 Å². The molecule has 0 saturated carbocycles. The molecule has 2 N–H and O–H groups in total. The predicted octanol–water partition coefficient (Wildman–Crippen LogP) is 2.49. The van der Waals surface area contributed by atoms with E-state index in [1.54, 1.807) is 13.0 Å². The average molecular weight is 305 g/mol. The zero-order chi connectivity index (χ0) is 15.6. The number of aliphatic hydroxyl groups excluding tert-OH is 1. The molecule has 0 bridgehead atoms. The van der Waals surface area contributed by atoms with E-state index in [9.17, 15) is 9.50 Å². The second-order valence-corrected chi connectivity index (χ2v) is 5.93. The van der Waals surface area contributed by atoms with Crippen LogP contribution in [-0.2, 0) is 11.3 Å². The maximum absolute atomic E-state index is 13.6. The van der Waals surface area contributed by atoms with E-state index < -0.39 is 0 Å². The van der Waals surface area contributed by atoms with Crippen molar-refractivity contribution in [3.63, 3.8) is 0 Å². The van der Waals surface area contributed by atoms with Crippen molar-refractivity contribution in [3.8, 4) is 11.3 Å². The minimum Gasteiger partial charge on any atom is -0.460 e. The van der Waals surface area contributed by atoms with Gasteiger partial charge in [-0.15, -0.1) is 0 Å². The zero-order valence-electron chi connectivity index (χ0n) is 12.6. The first kappa shape index (κ1) is 15.2. The highest BCUT2D eigenvalue weighted by molar-refractivity contribution is 5.62. The Kier molecular flexibility index (Phi) is 4.29. The molecule has 0 atom stereocenters. The van der Waals surface area contributed by atoms with Gasteiger partial charge in [-0.25, -0.2) is 4.39 Å². The highest BCUT2D eigenvalue weighted by atomic mass is 19.1. The quantitative estimate of drug-likeness (QED) is 0.861. The lowest BCUT2D eigenvalue weighted by Gasteiger charge is -2.39. The summed E-state index contributed by atoms with van der Waals surface area (Å²) in [7, 11) is 0.